The van der Waals surface area contributed by atoms with Gasteiger partial charge >= 0.3 is 12.1 Å². The summed E-state index contributed by atoms with van der Waals surface area (Å²) < 4.78 is 53.8. The minimum Gasteiger partial charge on any atom is -0.478 e. The van der Waals surface area contributed by atoms with Crippen molar-refractivity contribution in [2.75, 3.05) is 23.3 Å². The van der Waals surface area contributed by atoms with E-state index in [9.17, 15) is 27.2 Å². The summed E-state index contributed by atoms with van der Waals surface area (Å²) in [6.07, 6.45) is -2.84. The van der Waals surface area contributed by atoms with Crippen LogP contribution in [0, 0.1) is 5.82 Å². The van der Waals surface area contributed by atoms with Crippen molar-refractivity contribution in [2.45, 2.75) is 30.6 Å². The molecular weight excluding hydrogens is 492 g/mol. The molecule has 11 heteroatoms. The van der Waals surface area contributed by atoms with Crippen LogP contribution in [0.1, 0.15) is 44.7 Å². The topological polar surface area (TPSA) is 94.6 Å². The second-order valence-electron chi connectivity index (χ2n) is 9.27. The van der Waals surface area contributed by atoms with Crippen LogP contribution in [0.2, 0.25) is 0 Å². The smallest absolute Gasteiger partial charge is 0.417 e. The molecule has 0 atom stereocenters. The number of aromatic nitrogens is 1. The van der Waals surface area contributed by atoms with Crippen molar-refractivity contribution < 1.29 is 32.3 Å². The third kappa shape index (κ3) is 5.07. The number of nitrogens with zero attached hydrogens (tertiary/aromatic N) is 2. The van der Waals surface area contributed by atoms with Crippen LogP contribution in [0.3, 0.4) is 0 Å². The Kier molecular flexibility index (Phi) is 6.01. The van der Waals surface area contributed by atoms with Gasteiger partial charge in [0.15, 0.2) is 0 Å². The van der Waals surface area contributed by atoms with Crippen molar-refractivity contribution in [3.8, 4) is 0 Å². The van der Waals surface area contributed by atoms with Crippen LogP contribution in [-0.2, 0) is 11.7 Å². The fourth-order valence-corrected chi connectivity index (χ4v) is 4.42. The summed E-state index contributed by atoms with van der Waals surface area (Å²) in [7, 11) is 0. The quantitative estimate of drug-likeness (QED) is 0.397. The highest BCUT2D eigenvalue weighted by Crippen LogP contribution is 2.46. The molecule has 2 aliphatic rings. The third-order valence-electron chi connectivity index (χ3n) is 6.60. The monoisotopic (exact) mass is 514 g/mol. The number of aromatic carboxylic acids is 1. The van der Waals surface area contributed by atoms with E-state index in [1.807, 2.05) is 0 Å². The second kappa shape index (κ2) is 9.06. The number of carboxylic acid groups (broad SMARTS) is 1. The lowest BCUT2D eigenvalue weighted by molar-refractivity contribution is -0.137. The highest BCUT2D eigenvalue weighted by Gasteiger charge is 2.46. The summed E-state index contributed by atoms with van der Waals surface area (Å²) in [4.78, 5) is 30.1. The van der Waals surface area contributed by atoms with Crippen LogP contribution >= 0.6 is 0 Å². The summed E-state index contributed by atoms with van der Waals surface area (Å²) in [6.45, 7) is 0.716. The molecule has 37 heavy (non-hydrogen) atoms. The Labute approximate surface area is 209 Å². The standard InChI is InChI=1S/C26H22F4N4O3/c27-18-2-1-3-19(11-18)32-20-13-34(14-20)22-21(10-17(12-31-22)26(28,29)30)23(35)33-25(8-9-25)16-6-4-15(5-7-16)24(36)37/h1-7,10-12,20,32H,8-9,13-14H2,(H,33,35)(H,36,37). The Morgan fingerprint density at radius 1 is 1.05 bits per heavy atom. The van der Waals surface area contributed by atoms with E-state index in [4.69, 9.17) is 5.11 Å². The Morgan fingerprint density at radius 2 is 1.76 bits per heavy atom. The summed E-state index contributed by atoms with van der Waals surface area (Å²) in [6, 6.07) is 12.7. The highest BCUT2D eigenvalue weighted by molar-refractivity contribution is 6.00. The fourth-order valence-electron chi connectivity index (χ4n) is 4.42. The first-order chi connectivity index (χ1) is 17.5. The number of halogens is 4. The normalized spacial score (nSPS) is 16.6. The molecule has 1 saturated carbocycles. The number of alkyl halides is 3. The number of carbonyl (C=O) groups is 2. The van der Waals surface area contributed by atoms with Crippen molar-refractivity contribution in [1.82, 2.24) is 10.3 Å². The maximum atomic E-state index is 13.5. The zero-order valence-corrected chi connectivity index (χ0v) is 19.3. The van der Waals surface area contributed by atoms with E-state index in [0.29, 0.717) is 43.4 Å². The molecule has 0 radical (unpaired) electrons. The molecule has 2 heterocycles. The first kappa shape index (κ1) is 24.5. The number of amides is 1. The Balaban J connectivity index is 1.36. The van der Waals surface area contributed by atoms with Crippen LogP contribution in [0.15, 0.2) is 60.8 Å². The van der Waals surface area contributed by atoms with Gasteiger partial charge in [0.2, 0.25) is 0 Å². The number of carboxylic acids is 1. The molecule has 2 aromatic carbocycles. The van der Waals surface area contributed by atoms with Crippen LogP contribution in [0.5, 0.6) is 0 Å². The highest BCUT2D eigenvalue weighted by atomic mass is 19.4. The van der Waals surface area contributed by atoms with Gasteiger partial charge in [-0.3, -0.25) is 4.79 Å². The molecule has 0 spiro atoms. The average Bonchev–Trinajstić information content (AvgIpc) is 3.61. The molecular formula is C26H22F4N4O3. The van der Waals surface area contributed by atoms with E-state index < -0.39 is 35.0 Å². The molecule has 7 nitrogen and oxygen atoms in total. The van der Waals surface area contributed by atoms with Gasteiger partial charge in [0.1, 0.15) is 11.6 Å². The van der Waals surface area contributed by atoms with Gasteiger partial charge in [-0.2, -0.15) is 13.2 Å². The van der Waals surface area contributed by atoms with Gasteiger partial charge in [-0.1, -0.05) is 18.2 Å². The number of carbonyl (C=O) groups excluding carboxylic acids is 1. The molecule has 1 amide bonds. The Bertz CT molecular complexity index is 1350. The molecule has 1 aliphatic carbocycles. The first-order valence-electron chi connectivity index (χ1n) is 11.5. The minimum atomic E-state index is -4.68. The van der Waals surface area contributed by atoms with Gasteiger partial charge < -0.3 is 20.6 Å². The van der Waals surface area contributed by atoms with Crippen molar-refractivity contribution >= 4 is 23.4 Å². The first-order valence-corrected chi connectivity index (χ1v) is 11.5. The number of hydrogen-bond donors (Lipinski definition) is 3. The van der Waals surface area contributed by atoms with E-state index in [2.05, 4.69) is 15.6 Å². The lowest BCUT2D eigenvalue weighted by Crippen LogP contribution is -2.55. The van der Waals surface area contributed by atoms with E-state index in [1.54, 1.807) is 29.2 Å². The van der Waals surface area contributed by atoms with Gasteiger partial charge in [0.25, 0.3) is 5.91 Å². The second-order valence-corrected chi connectivity index (χ2v) is 9.27. The van der Waals surface area contributed by atoms with E-state index in [1.165, 1.54) is 24.3 Å². The van der Waals surface area contributed by atoms with Gasteiger partial charge in [0, 0.05) is 25.0 Å². The maximum Gasteiger partial charge on any atom is 0.417 e. The van der Waals surface area contributed by atoms with Crippen LogP contribution in [-0.4, -0.2) is 41.1 Å². The van der Waals surface area contributed by atoms with Gasteiger partial charge in [-0.25, -0.2) is 14.2 Å². The number of pyridine rings is 1. The molecule has 1 aliphatic heterocycles. The maximum absolute atomic E-state index is 13.5. The number of hydrogen-bond acceptors (Lipinski definition) is 5. The molecule has 192 valence electrons. The van der Waals surface area contributed by atoms with Crippen LogP contribution in [0.4, 0.5) is 29.1 Å². The van der Waals surface area contributed by atoms with Gasteiger partial charge in [0.05, 0.1) is 28.3 Å². The average molecular weight is 514 g/mol. The third-order valence-corrected chi connectivity index (χ3v) is 6.60. The molecule has 1 aromatic heterocycles. The molecule has 3 aromatic rings. The van der Waals surface area contributed by atoms with Crippen molar-refractivity contribution in [2.24, 2.45) is 0 Å². The van der Waals surface area contributed by atoms with Crippen molar-refractivity contribution in [3.63, 3.8) is 0 Å². The van der Waals surface area contributed by atoms with Crippen molar-refractivity contribution in [1.29, 1.82) is 0 Å². The van der Waals surface area contributed by atoms with Crippen LogP contribution in [0.25, 0.3) is 0 Å². The number of anilines is 2. The molecule has 3 N–H and O–H groups in total. The predicted molar refractivity (Wildman–Crippen MR) is 127 cm³/mol. The van der Waals surface area contributed by atoms with Gasteiger partial charge in [-0.15, -0.1) is 0 Å². The van der Waals surface area contributed by atoms with E-state index in [-0.39, 0.29) is 23.0 Å². The van der Waals surface area contributed by atoms with E-state index >= 15 is 0 Å². The van der Waals surface area contributed by atoms with Crippen molar-refractivity contribution in [3.05, 3.63) is 88.9 Å². The Morgan fingerprint density at radius 3 is 2.35 bits per heavy atom. The minimum absolute atomic E-state index is 0.0921. The zero-order valence-electron chi connectivity index (χ0n) is 19.3. The van der Waals surface area contributed by atoms with E-state index in [0.717, 1.165) is 6.07 Å². The fraction of sp³-hybridized carbons (Fsp3) is 0.269. The number of benzene rings is 2. The summed E-state index contributed by atoms with van der Waals surface area (Å²) in [5.41, 5.74) is -0.673. The molecule has 0 bridgehead atoms. The lowest BCUT2D eigenvalue weighted by atomic mass is 10.0. The zero-order chi connectivity index (χ0) is 26.4. The molecule has 0 unspecified atom stereocenters. The lowest BCUT2D eigenvalue weighted by Gasteiger charge is -2.41. The summed E-state index contributed by atoms with van der Waals surface area (Å²) in [5, 5.41) is 15.1. The van der Waals surface area contributed by atoms with Crippen LogP contribution < -0.4 is 15.5 Å². The number of rotatable bonds is 7. The molecule has 2 fully saturated rings. The summed E-state index contributed by atoms with van der Waals surface area (Å²) in [5.74, 6) is -2.05. The Hall–Kier alpha value is -4.15. The SMILES string of the molecule is O=C(O)c1ccc(C2(NC(=O)c3cc(C(F)(F)F)cnc3N3CC(Nc4cccc(F)c4)C3)CC2)cc1. The number of nitrogens with one attached hydrogen (secondary N) is 2. The molecule has 1 saturated heterocycles. The largest absolute Gasteiger partial charge is 0.478 e. The van der Waals surface area contributed by atoms with Gasteiger partial charge in [-0.05, 0) is 54.8 Å². The molecule has 5 rings (SSSR count). The predicted octanol–water partition coefficient (Wildman–Crippen LogP) is 4.66. The summed E-state index contributed by atoms with van der Waals surface area (Å²) >= 11 is 0.